The third-order valence-electron chi connectivity index (χ3n) is 6.05. The van der Waals surface area contributed by atoms with E-state index < -0.39 is 17.6 Å². The van der Waals surface area contributed by atoms with E-state index in [1.54, 1.807) is 30.6 Å². The highest BCUT2D eigenvalue weighted by Gasteiger charge is 2.32. The predicted molar refractivity (Wildman–Crippen MR) is 144 cm³/mol. The highest BCUT2D eigenvalue weighted by molar-refractivity contribution is 6.31. The van der Waals surface area contributed by atoms with Gasteiger partial charge in [0.05, 0.1) is 16.1 Å². The second-order valence-electron chi connectivity index (χ2n) is 8.85. The van der Waals surface area contributed by atoms with E-state index >= 15 is 0 Å². The summed E-state index contributed by atoms with van der Waals surface area (Å²) in [5.74, 6) is -0.0397. The van der Waals surface area contributed by atoms with Crippen molar-refractivity contribution in [2.45, 2.75) is 25.6 Å². The Kier molecular flexibility index (Phi) is 8.82. The molecule has 0 saturated heterocycles. The molecule has 39 heavy (non-hydrogen) atoms. The van der Waals surface area contributed by atoms with Gasteiger partial charge in [-0.3, -0.25) is 14.6 Å². The maximum Gasteiger partial charge on any atom is 0.417 e. The van der Waals surface area contributed by atoms with Crippen molar-refractivity contribution in [1.82, 2.24) is 20.6 Å². The predicted octanol–water partition coefficient (Wildman–Crippen LogP) is 4.65. The number of alkyl halides is 3. The van der Waals surface area contributed by atoms with Gasteiger partial charge in [0.15, 0.2) is 0 Å². The fraction of sp³-hybridized carbons (Fsp3) is 0.259. The number of hydrogen-bond acceptors (Lipinski definition) is 6. The first-order valence-corrected chi connectivity index (χ1v) is 12.6. The van der Waals surface area contributed by atoms with Gasteiger partial charge in [-0.25, -0.2) is 4.98 Å². The molecular formula is C27H26ClF3N6O2. The Morgan fingerprint density at radius 1 is 0.974 bits per heavy atom. The van der Waals surface area contributed by atoms with Crippen molar-refractivity contribution >= 4 is 50.9 Å². The van der Waals surface area contributed by atoms with E-state index in [2.05, 4.69) is 25.9 Å². The summed E-state index contributed by atoms with van der Waals surface area (Å²) in [7, 11) is 0. The van der Waals surface area contributed by atoms with Gasteiger partial charge in [-0.2, -0.15) is 13.2 Å². The van der Waals surface area contributed by atoms with Crippen LogP contribution in [0.3, 0.4) is 0 Å². The number of nitrogens with zero attached hydrogens (tertiary/aromatic N) is 2. The molecule has 5 N–H and O–H groups in total. The fourth-order valence-corrected chi connectivity index (χ4v) is 4.39. The number of anilines is 1. The maximum atomic E-state index is 12.8. The van der Waals surface area contributed by atoms with Crippen molar-refractivity contribution in [2.75, 3.05) is 25.0 Å². The number of fused-ring (bicyclic) bond motifs is 3. The maximum absolute atomic E-state index is 12.8. The lowest BCUT2D eigenvalue weighted by Gasteiger charge is -2.12. The number of carbonyl (C=O) groups is 2. The van der Waals surface area contributed by atoms with E-state index in [-0.39, 0.29) is 23.9 Å². The molecule has 2 amide bonds. The third-order valence-corrected chi connectivity index (χ3v) is 6.36. The average Bonchev–Trinajstić information content (AvgIpc) is 2.90. The zero-order valence-electron chi connectivity index (χ0n) is 20.7. The molecule has 12 heteroatoms. The summed E-state index contributed by atoms with van der Waals surface area (Å²) >= 11 is 5.73. The van der Waals surface area contributed by atoms with Gasteiger partial charge >= 0.3 is 6.18 Å². The van der Waals surface area contributed by atoms with Crippen molar-refractivity contribution in [2.24, 2.45) is 5.73 Å². The number of halogens is 4. The summed E-state index contributed by atoms with van der Waals surface area (Å²) in [5.41, 5.74) is 6.11. The van der Waals surface area contributed by atoms with Crippen LogP contribution in [0.25, 0.3) is 21.7 Å². The lowest BCUT2D eigenvalue weighted by atomic mass is 10.1. The number of nitrogens with two attached hydrogens (primary N) is 1. The van der Waals surface area contributed by atoms with Gasteiger partial charge in [0, 0.05) is 66.7 Å². The van der Waals surface area contributed by atoms with Gasteiger partial charge in [-0.05, 0) is 42.3 Å². The molecule has 0 aliphatic carbocycles. The molecule has 0 radical (unpaired) electrons. The molecule has 4 rings (SSSR count). The SMILES string of the molecule is NC(=O)c1ccc2c(c1)nc(NCCCNC(=O)CCNCc1ccc(C(F)(F)F)c(Cl)c1)c1ccncc12. The molecule has 8 nitrogen and oxygen atoms in total. The topological polar surface area (TPSA) is 122 Å². The Hall–Kier alpha value is -3.96. The minimum absolute atomic E-state index is 0.146. The van der Waals surface area contributed by atoms with Crippen LogP contribution in [0, 0.1) is 0 Å². The minimum atomic E-state index is -4.50. The number of aromatic nitrogens is 2. The molecule has 4 aromatic rings. The molecule has 0 bridgehead atoms. The van der Waals surface area contributed by atoms with E-state index in [4.69, 9.17) is 17.3 Å². The number of benzene rings is 2. The molecule has 0 aliphatic heterocycles. The Morgan fingerprint density at radius 3 is 2.54 bits per heavy atom. The Morgan fingerprint density at radius 2 is 1.79 bits per heavy atom. The smallest absolute Gasteiger partial charge is 0.369 e. The molecule has 2 aromatic heterocycles. The van der Waals surface area contributed by atoms with E-state index in [9.17, 15) is 22.8 Å². The Labute approximate surface area is 227 Å². The monoisotopic (exact) mass is 558 g/mol. The zero-order chi connectivity index (χ0) is 28.0. The first kappa shape index (κ1) is 28.1. The fourth-order valence-electron chi connectivity index (χ4n) is 4.08. The first-order valence-electron chi connectivity index (χ1n) is 12.2. The van der Waals surface area contributed by atoms with E-state index in [1.807, 2.05) is 6.07 Å². The van der Waals surface area contributed by atoms with Crippen LogP contribution in [0.2, 0.25) is 5.02 Å². The molecule has 204 valence electrons. The van der Waals surface area contributed by atoms with Crippen LogP contribution in [-0.4, -0.2) is 41.4 Å². The third kappa shape index (κ3) is 7.12. The number of primary amides is 1. The zero-order valence-corrected chi connectivity index (χ0v) is 21.5. The highest BCUT2D eigenvalue weighted by Crippen LogP contribution is 2.35. The number of pyridine rings is 2. The Balaban J connectivity index is 1.22. The summed E-state index contributed by atoms with van der Waals surface area (Å²) in [4.78, 5) is 32.6. The molecule has 0 saturated carbocycles. The van der Waals surface area contributed by atoms with Gasteiger partial charge in [0.25, 0.3) is 0 Å². The summed E-state index contributed by atoms with van der Waals surface area (Å²) < 4.78 is 38.4. The molecule has 0 spiro atoms. The normalized spacial score (nSPS) is 11.6. The van der Waals surface area contributed by atoms with Crippen molar-refractivity contribution in [3.63, 3.8) is 0 Å². The average molecular weight is 559 g/mol. The van der Waals surface area contributed by atoms with Crippen molar-refractivity contribution in [1.29, 1.82) is 0 Å². The molecule has 0 atom stereocenters. The number of amides is 2. The van der Waals surface area contributed by atoms with Crippen molar-refractivity contribution < 1.29 is 22.8 Å². The second kappa shape index (κ2) is 12.3. The molecule has 2 heterocycles. The summed E-state index contributed by atoms with van der Waals surface area (Å²) in [6, 6.07) is 10.6. The molecule has 0 unspecified atom stereocenters. The minimum Gasteiger partial charge on any atom is -0.369 e. The van der Waals surface area contributed by atoms with Crippen LogP contribution < -0.4 is 21.7 Å². The van der Waals surface area contributed by atoms with Gasteiger partial charge in [0.1, 0.15) is 5.82 Å². The van der Waals surface area contributed by atoms with Crippen LogP contribution >= 0.6 is 11.6 Å². The van der Waals surface area contributed by atoms with Gasteiger partial charge < -0.3 is 21.7 Å². The van der Waals surface area contributed by atoms with Crippen molar-refractivity contribution in [3.8, 4) is 0 Å². The number of carbonyl (C=O) groups excluding carboxylic acids is 2. The van der Waals surface area contributed by atoms with E-state index in [1.165, 1.54) is 12.1 Å². The van der Waals surface area contributed by atoms with Gasteiger partial charge in [-0.15, -0.1) is 0 Å². The van der Waals surface area contributed by atoms with Crippen molar-refractivity contribution in [3.05, 3.63) is 76.6 Å². The molecule has 0 aliphatic rings. The van der Waals surface area contributed by atoms with Gasteiger partial charge in [0.2, 0.25) is 11.8 Å². The largest absolute Gasteiger partial charge is 0.417 e. The molecule has 2 aromatic carbocycles. The highest BCUT2D eigenvalue weighted by atomic mass is 35.5. The van der Waals surface area contributed by atoms with Gasteiger partial charge in [-0.1, -0.05) is 23.7 Å². The molecule has 0 fully saturated rings. The first-order chi connectivity index (χ1) is 18.6. The molecular weight excluding hydrogens is 533 g/mol. The quantitative estimate of drug-likeness (QED) is 0.157. The van der Waals surface area contributed by atoms with Crippen LogP contribution in [-0.2, 0) is 17.5 Å². The van der Waals surface area contributed by atoms with Crippen LogP contribution in [0.5, 0.6) is 0 Å². The summed E-state index contributed by atoms with van der Waals surface area (Å²) in [6.45, 7) is 1.63. The van der Waals surface area contributed by atoms with Crippen LogP contribution in [0.1, 0.15) is 34.3 Å². The van der Waals surface area contributed by atoms with E-state index in [0.717, 1.165) is 22.2 Å². The lowest BCUT2D eigenvalue weighted by molar-refractivity contribution is -0.137. The van der Waals surface area contributed by atoms with E-state index in [0.29, 0.717) is 48.5 Å². The van der Waals surface area contributed by atoms with Crippen LogP contribution in [0.15, 0.2) is 54.9 Å². The number of nitrogens with one attached hydrogen (secondary N) is 3. The van der Waals surface area contributed by atoms with Crippen LogP contribution in [0.4, 0.5) is 19.0 Å². The standard InChI is InChI=1S/C27H26ClF3N6O2/c28-22-12-16(2-5-21(22)27(29,30)31)14-33-11-7-24(38)35-8-1-9-36-26-19-6-10-34-15-20(19)18-4-3-17(25(32)39)13-23(18)37-26/h2-6,10,12-13,15,33H,1,7-9,11,14H2,(H2,32,39)(H,35,38)(H,36,37). The number of rotatable bonds is 11. The Bertz CT molecular complexity index is 1510. The second-order valence-corrected chi connectivity index (χ2v) is 9.25. The lowest BCUT2D eigenvalue weighted by Crippen LogP contribution is -2.29. The summed E-state index contributed by atoms with van der Waals surface area (Å²) in [6.07, 6.45) is -0.219. The summed E-state index contributed by atoms with van der Waals surface area (Å²) in [5, 5.41) is 11.4. The number of hydrogen-bond donors (Lipinski definition) is 4.